The number of aromatic amines is 2. The Labute approximate surface area is 308 Å². The summed E-state index contributed by atoms with van der Waals surface area (Å²) in [6, 6.07) is 11.6. The number of carbonyl (C=O) groups excluding carboxylic acids is 3. The van der Waals surface area contributed by atoms with Crippen LogP contribution in [0.4, 0.5) is 9.59 Å². The predicted molar refractivity (Wildman–Crippen MR) is 197 cm³/mol. The molecule has 5 N–H and O–H groups in total. The number of fused-ring (bicyclic) bond motifs is 1. The molecule has 2 saturated heterocycles. The molecule has 2 aromatic carbocycles. The Kier molecular flexibility index (Phi) is 11.0. The molecule has 2 aromatic heterocycles. The number of aromatic nitrogens is 4. The van der Waals surface area contributed by atoms with Crippen molar-refractivity contribution in [3.63, 3.8) is 0 Å². The number of benzene rings is 2. The third kappa shape index (κ3) is 8.14. The van der Waals surface area contributed by atoms with E-state index in [-0.39, 0.29) is 35.7 Å². The second-order valence-electron chi connectivity index (χ2n) is 14.3. The molecule has 14 nitrogen and oxygen atoms in total. The largest absolute Gasteiger partial charge is 0.465 e. The number of carboxylic acid groups (broad SMARTS) is 1. The molecule has 0 radical (unpaired) electrons. The highest BCUT2D eigenvalue weighted by molar-refractivity contribution is 5.87. The normalized spacial score (nSPS) is 18.2. The lowest BCUT2D eigenvalue weighted by molar-refractivity contribution is -0.136. The smallest absolute Gasteiger partial charge is 0.407 e. The maximum atomic E-state index is 13.5. The summed E-state index contributed by atoms with van der Waals surface area (Å²) in [6.07, 6.45) is 3.13. The monoisotopic (exact) mass is 722 g/mol. The Morgan fingerprint density at radius 3 is 2.02 bits per heavy atom. The number of rotatable bonds is 9. The first-order valence-corrected chi connectivity index (χ1v) is 18.1. The Morgan fingerprint density at radius 1 is 0.830 bits per heavy atom. The fraction of sp³-hybridized carbons (Fsp3) is 0.436. The first kappa shape index (κ1) is 36.9. The van der Waals surface area contributed by atoms with Crippen LogP contribution >= 0.6 is 0 Å². The van der Waals surface area contributed by atoms with Crippen molar-refractivity contribution in [1.29, 1.82) is 0 Å². The average Bonchev–Trinajstić information content (AvgIpc) is 3.97. The SMILES string of the molecule is COC(=O)N[C@H](C(=O)N1CCC[C@H]1c1nc(-c2ccc(C#Cc3ccc4[nH]c([C@@H]5CCCN5C(=O)[C@@H](NC(=O)O)C(C)C)nc4c3)cc2)c[nH]1)C(C)C. The van der Waals surface area contributed by atoms with E-state index in [0.29, 0.717) is 24.7 Å². The molecular weight excluding hydrogens is 676 g/mol. The van der Waals surface area contributed by atoms with Crippen molar-refractivity contribution in [2.75, 3.05) is 20.2 Å². The maximum absolute atomic E-state index is 13.5. The number of methoxy groups -OCH3 is 1. The minimum atomic E-state index is -1.22. The van der Waals surface area contributed by atoms with Crippen LogP contribution in [0.2, 0.25) is 0 Å². The number of nitrogens with one attached hydrogen (secondary N) is 4. The molecule has 4 heterocycles. The van der Waals surface area contributed by atoms with Crippen LogP contribution < -0.4 is 10.6 Å². The number of imidazole rings is 2. The summed E-state index contributed by atoms with van der Waals surface area (Å²) >= 11 is 0. The number of likely N-dealkylation sites (tertiary alicyclic amines) is 2. The second kappa shape index (κ2) is 15.8. The Bertz CT molecular complexity index is 2040. The van der Waals surface area contributed by atoms with Gasteiger partial charge in [0.05, 0.1) is 35.9 Å². The highest BCUT2D eigenvalue weighted by Crippen LogP contribution is 2.34. The van der Waals surface area contributed by atoms with Crippen LogP contribution in [-0.4, -0.2) is 91.1 Å². The summed E-state index contributed by atoms with van der Waals surface area (Å²) in [5, 5.41) is 14.3. The van der Waals surface area contributed by atoms with Crippen molar-refractivity contribution in [2.24, 2.45) is 11.8 Å². The van der Waals surface area contributed by atoms with Crippen molar-refractivity contribution in [3.05, 3.63) is 71.4 Å². The predicted octanol–water partition coefficient (Wildman–Crippen LogP) is 5.35. The fourth-order valence-corrected chi connectivity index (χ4v) is 7.12. The van der Waals surface area contributed by atoms with E-state index in [1.807, 2.05) is 76.4 Å². The maximum Gasteiger partial charge on any atom is 0.407 e. The Morgan fingerprint density at radius 2 is 1.42 bits per heavy atom. The molecule has 14 heteroatoms. The van der Waals surface area contributed by atoms with Crippen LogP contribution in [0.5, 0.6) is 0 Å². The van der Waals surface area contributed by atoms with Gasteiger partial charge in [0.15, 0.2) is 0 Å². The van der Waals surface area contributed by atoms with E-state index in [1.54, 1.807) is 9.80 Å². The van der Waals surface area contributed by atoms with Crippen molar-refractivity contribution >= 4 is 35.0 Å². The van der Waals surface area contributed by atoms with Gasteiger partial charge < -0.3 is 40.2 Å². The van der Waals surface area contributed by atoms with Gasteiger partial charge in [-0.05, 0) is 67.9 Å². The van der Waals surface area contributed by atoms with Gasteiger partial charge in [-0.25, -0.2) is 19.6 Å². The zero-order valence-corrected chi connectivity index (χ0v) is 30.6. The molecule has 0 saturated carbocycles. The van der Waals surface area contributed by atoms with Gasteiger partial charge in [0.1, 0.15) is 23.7 Å². The number of nitrogens with zero attached hydrogens (tertiary/aromatic N) is 4. The van der Waals surface area contributed by atoms with E-state index in [1.165, 1.54) is 7.11 Å². The molecule has 0 aliphatic carbocycles. The molecule has 4 aromatic rings. The van der Waals surface area contributed by atoms with E-state index >= 15 is 0 Å². The van der Waals surface area contributed by atoms with Crippen LogP contribution in [0.25, 0.3) is 22.3 Å². The molecule has 4 amide bonds. The topological polar surface area (TPSA) is 186 Å². The molecule has 0 unspecified atom stereocenters. The second-order valence-corrected chi connectivity index (χ2v) is 14.3. The van der Waals surface area contributed by atoms with Crippen LogP contribution in [-0.2, 0) is 14.3 Å². The molecule has 2 aliphatic heterocycles. The van der Waals surface area contributed by atoms with E-state index in [2.05, 4.69) is 32.4 Å². The van der Waals surface area contributed by atoms with Gasteiger partial charge in [-0.2, -0.15) is 0 Å². The summed E-state index contributed by atoms with van der Waals surface area (Å²) in [4.78, 5) is 69.9. The summed E-state index contributed by atoms with van der Waals surface area (Å²) in [5.74, 6) is 7.13. The van der Waals surface area contributed by atoms with Crippen molar-refractivity contribution < 1.29 is 29.0 Å². The van der Waals surface area contributed by atoms with Gasteiger partial charge in [0.25, 0.3) is 0 Å². The van der Waals surface area contributed by atoms with Crippen LogP contribution in [0, 0.1) is 23.7 Å². The highest BCUT2D eigenvalue weighted by atomic mass is 16.5. The molecule has 2 fully saturated rings. The Balaban J connectivity index is 1.12. The van der Waals surface area contributed by atoms with Gasteiger partial charge in [-0.3, -0.25) is 9.59 Å². The lowest BCUT2D eigenvalue weighted by Crippen LogP contribution is -2.51. The third-order valence-electron chi connectivity index (χ3n) is 9.94. The summed E-state index contributed by atoms with van der Waals surface area (Å²) < 4.78 is 4.74. The highest BCUT2D eigenvalue weighted by Gasteiger charge is 2.39. The van der Waals surface area contributed by atoms with Gasteiger partial charge in [-0.1, -0.05) is 51.7 Å². The Hall–Kier alpha value is -5.84. The number of H-pyrrole nitrogens is 2. The van der Waals surface area contributed by atoms with Crippen LogP contribution in [0.3, 0.4) is 0 Å². The van der Waals surface area contributed by atoms with E-state index in [0.717, 1.165) is 59.1 Å². The lowest BCUT2D eigenvalue weighted by Gasteiger charge is -2.29. The summed E-state index contributed by atoms with van der Waals surface area (Å²) in [7, 11) is 1.28. The zero-order valence-electron chi connectivity index (χ0n) is 30.6. The first-order valence-electron chi connectivity index (χ1n) is 18.1. The molecule has 2 aliphatic rings. The number of amides is 4. The fourth-order valence-electron chi connectivity index (χ4n) is 7.12. The van der Waals surface area contributed by atoms with Crippen LogP contribution in [0.1, 0.15) is 88.2 Å². The van der Waals surface area contributed by atoms with E-state index in [4.69, 9.17) is 14.7 Å². The average molecular weight is 723 g/mol. The van der Waals surface area contributed by atoms with Gasteiger partial charge >= 0.3 is 12.2 Å². The molecule has 278 valence electrons. The van der Waals surface area contributed by atoms with Gasteiger partial charge in [0.2, 0.25) is 11.8 Å². The molecule has 6 rings (SSSR count). The minimum absolute atomic E-state index is 0.112. The van der Waals surface area contributed by atoms with Gasteiger partial charge in [0, 0.05) is 36.0 Å². The van der Waals surface area contributed by atoms with Crippen molar-refractivity contribution in [1.82, 2.24) is 40.4 Å². The van der Waals surface area contributed by atoms with Crippen molar-refractivity contribution in [2.45, 2.75) is 77.5 Å². The number of ether oxygens (including phenoxy) is 1. The molecule has 0 spiro atoms. The quantitative estimate of drug-likeness (QED) is 0.143. The number of alkyl carbamates (subject to hydrolysis) is 1. The molecular formula is C39H46N8O6. The number of carbonyl (C=O) groups is 4. The summed E-state index contributed by atoms with van der Waals surface area (Å²) in [5.41, 5.74) is 4.85. The number of hydrogen-bond acceptors (Lipinski definition) is 7. The molecule has 4 atom stereocenters. The minimum Gasteiger partial charge on any atom is -0.465 e. The van der Waals surface area contributed by atoms with E-state index in [9.17, 15) is 24.3 Å². The van der Waals surface area contributed by atoms with Crippen molar-refractivity contribution in [3.8, 4) is 23.1 Å². The lowest BCUT2D eigenvalue weighted by atomic mass is 10.0. The zero-order chi connectivity index (χ0) is 37.8. The van der Waals surface area contributed by atoms with Gasteiger partial charge in [-0.15, -0.1) is 0 Å². The van der Waals surface area contributed by atoms with E-state index < -0.39 is 24.3 Å². The standard InChI is InChI=1S/C39H46N8O6/c1-22(2)32(44-38(50)51)36(48)47-19-7-9-31(47)35-41-27-17-14-25(20-28(27)42-35)11-10-24-12-15-26(16-13-24)29-21-40-34(43-29)30-8-6-18-46(30)37(49)33(23(3)4)45-39(52)53-5/h12-17,20-23,30-33,44H,6-9,18-19H2,1-5H3,(H,40,43)(H,41,42)(H,45,52)(H,50,51)/t30-,31-,32-,33-/m0/s1. The third-order valence-corrected chi connectivity index (χ3v) is 9.94. The number of hydrogen-bond donors (Lipinski definition) is 5. The van der Waals surface area contributed by atoms with Crippen LogP contribution in [0.15, 0.2) is 48.7 Å². The first-order chi connectivity index (χ1) is 25.4. The molecule has 53 heavy (non-hydrogen) atoms. The summed E-state index contributed by atoms with van der Waals surface area (Å²) in [6.45, 7) is 8.55. The molecule has 0 bridgehead atoms.